The summed E-state index contributed by atoms with van der Waals surface area (Å²) in [5.74, 6) is -0.942. The lowest BCUT2D eigenvalue weighted by molar-refractivity contribution is -0.332. The maximum absolute atomic E-state index is 13.0. The van der Waals surface area contributed by atoms with Gasteiger partial charge in [-0.25, -0.2) is 0 Å². The molecule has 2 aliphatic rings. The van der Waals surface area contributed by atoms with Crippen LogP contribution < -0.4 is 0 Å². The summed E-state index contributed by atoms with van der Waals surface area (Å²) in [5.41, 5.74) is 0. The van der Waals surface area contributed by atoms with E-state index in [0.717, 1.165) is 77.0 Å². The lowest BCUT2D eigenvalue weighted by Gasteiger charge is -2.42. The predicted octanol–water partition coefficient (Wildman–Crippen LogP) is 6.93. The first-order valence-corrected chi connectivity index (χ1v) is 25.6. The fourth-order valence-corrected chi connectivity index (χ4v) is 7.82. The molecule has 2 fully saturated rings. The molecule has 15 nitrogen and oxygen atoms in total. The summed E-state index contributed by atoms with van der Waals surface area (Å²) in [6, 6.07) is 0. The van der Waals surface area contributed by atoms with Gasteiger partial charge in [-0.2, -0.15) is 0 Å². The molecule has 0 amide bonds. The van der Waals surface area contributed by atoms with Crippen molar-refractivity contribution in [3.05, 3.63) is 36.5 Å². The first kappa shape index (κ1) is 59.8. The zero-order valence-corrected chi connectivity index (χ0v) is 40.4. The average molecular weight is 943 g/mol. The number of aliphatic hydroxyl groups excluding tert-OH is 7. The van der Waals surface area contributed by atoms with Crippen LogP contribution in [-0.4, -0.2) is 142 Å². The number of ether oxygens (including phenoxy) is 6. The Kier molecular flexibility index (Phi) is 35.0. The molecule has 0 aromatic heterocycles. The van der Waals surface area contributed by atoms with Gasteiger partial charge in [-0.1, -0.05) is 140 Å². The fourth-order valence-electron chi connectivity index (χ4n) is 7.82. The van der Waals surface area contributed by atoms with Crippen molar-refractivity contribution in [1.82, 2.24) is 0 Å². The third-order valence-electron chi connectivity index (χ3n) is 12.1. The van der Waals surface area contributed by atoms with E-state index in [1.54, 1.807) is 0 Å². The minimum Gasteiger partial charge on any atom is -0.462 e. The van der Waals surface area contributed by atoms with Gasteiger partial charge in [0.1, 0.15) is 55.4 Å². The summed E-state index contributed by atoms with van der Waals surface area (Å²) in [4.78, 5) is 25.7. The van der Waals surface area contributed by atoms with E-state index in [0.29, 0.717) is 12.8 Å². The van der Waals surface area contributed by atoms with Gasteiger partial charge in [0.05, 0.1) is 19.8 Å². The Morgan fingerprint density at radius 3 is 1.47 bits per heavy atom. The highest BCUT2D eigenvalue weighted by molar-refractivity contribution is 5.70. The zero-order chi connectivity index (χ0) is 48.2. The second-order valence-corrected chi connectivity index (χ2v) is 18.0. The van der Waals surface area contributed by atoms with Crippen LogP contribution in [0.2, 0.25) is 0 Å². The fraction of sp³-hybridized carbons (Fsp3) is 0.843. The summed E-state index contributed by atoms with van der Waals surface area (Å²) in [6.45, 7) is 2.52. The van der Waals surface area contributed by atoms with Crippen LogP contribution in [0, 0.1) is 0 Å². The topological polar surface area (TPSA) is 231 Å². The standard InChI is InChI=1S/C51H90O15/c1-3-5-7-9-11-13-15-17-19-21-23-25-27-29-31-33-42(53)61-36-39(64-43(54)34-32-30-28-26-24-22-20-18-16-14-12-10-8-6-4-2)37-62-50-49(60)47(58)45(56)41(66-50)38-63-51-48(59)46(57)44(55)40(35-52)65-51/h10-13,17,19,39-41,44-52,55-60H,3-9,14-16,18,20-38H2,1-2H3/b12-10+,13-11+,19-17+/t39-,40-,41-,44+,45+,46?,47?,48?,49?,50-,51-/m1/s1. The first-order chi connectivity index (χ1) is 32.0. The highest BCUT2D eigenvalue weighted by atomic mass is 16.7. The SMILES string of the molecule is CCCC/C=C/CCCCCCCCCCCC(=O)O[C@H](COC(=O)CCCCCCC/C=C/C/C=C/CCCCC)CO[C@@H]1O[C@H](CO[C@@H]2O[C@H](CO)[C@H](O)C(O)C2O)[C@H](O)C(O)C1O. The van der Waals surface area contributed by atoms with Crippen molar-refractivity contribution < 1.29 is 73.8 Å². The minimum absolute atomic E-state index is 0.160. The number of aliphatic hydroxyl groups is 7. The van der Waals surface area contributed by atoms with E-state index in [1.165, 1.54) is 64.2 Å². The lowest BCUT2D eigenvalue weighted by Crippen LogP contribution is -2.61. The monoisotopic (exact) mass is 943 g/mol. The molecule has 0 aliphatic carbocycles. The van der Waals surface area contributed by atoms with E-state index in [9.17, 15) is 45.3 Å². The maximum atomic E-state index is 13.0. The Morgan fingerprint density at radius 1 is 0.485 bits per heavy atom. The molecule has 0 aromatic carbocycles. The van der Waals surface area contributed by atoms with E-state index in [-0.39, 0.29) is 26.1 Å². The number of allylic oxidation sites excluding steroid dienone is 6. The van der Waals surface area contributed by atoms with Crippen molar-refractivity contribution in [1.29, 1.82) is 0 Å². The van der Waals surface area contributed by atoms with Gasteiger partial charge in [-0.05, 0) is 64.2 Å². The van der Waals surface area contributed by atoms with E-state index >= 15 is 0 Å². The van der Waals surface area contributed by atoms with Crippen LogP contribution >= 0.6 is 0 Å². The van der Waals surface area contributed by atoms with Crippen LogP contribution in [0.3, 0.4) is 0 Å². The molecule has 2 saturated heterocycles. The minimum atomic E-state index is -1.77. The Bertz CT molecular complexity index is 1290. The van der Waals surface area contributed by atoms with Crippen LogP contribution in [0.15, 0.2) is 36.5 Å². The number of rotatable bonds is 39. The molecule has 0 spiro atoms. The third kappa shape index (κ3) is 26.5. The molecule has 7 N–H and O–H groups in total. The number of esters is 2. The summed E-state index contributed by atoms with van der Waals surface area (Å²) >= 11 is 0. The van der Waals surface area contributed by atoms with Gasteiger partial charge in [-0.3, -0.25) is 9.59 Å². The summed E-state index contributed by atoms with van der Waals surface area (Å²) < 4.78 is 33.6. The van der Waals surface area contributed by atoms with Gasteiger partial charge in [0.2, 0.25) is 0 Å². The molecular formula is C51H90O15. The molecule has 0 aromatic rings. The molecule has 384 valence electrons. The Hall–Kier alpha value is -2.28. The van der Waals surface area contributed by atoms with Crippen LogP contribution in [0.5, 0.6) is 0 Å². The van der Waals surface area contributed by atoms with Gasteiger partial charge in [-0.15, -0.1) is 0 Å². The first-order valence-electron chi connectivity index (χ1n) is 25.6. The molecule has 0 bridgehead atoms. The maximum Gasteiger partial charge on any atom is 0.306 e. The van der Waals surface area contributed by atoms with Crippen LogP contribution in [0.4, 0.5) is 0 Å². The van der Waals surface area contributed by atoms with Crippen molar-refractivity contribution >= 4 is 11.9 Å². The summed E-state index contributed by atoms with van der Waals surface area (Å²) in [6.07, 6.45) is 23.1. The van der Waals surface area contributed by atoms with Gasteiger partial charge < -0.3 is 64.2 Å². The molecular weight excluding hydrogens is 853 g/mol. The van der Waals surface area contributed by atoms with Crippen LogP contribution in [0.1, 0.15) is 181 Å². The predicted molar refractivity (Wildman–Crippen MR) is 252 cm³/mol. The van der Waals surface area contributed by atoms with Crippen molar-refractivity contribution in [2.75, 3.05) is 26.4 Å². The molecule has 2 rings (SSSR count). The number of unbranched alkanes of at least 4 members (excludes halogenated alkanes) is 19. The highest BCUT2D eigenvalue weighted by Crippen LogP contribution is 2.26. The number of carbonyl (C=O) groups is 2. The molecule has 2 aliphatic heterocycles. The summed E-state index contributed by atoms with van der Waals surface area (Å²) in [5, 5.41) is 72.0. The van der Waals surface area contributed by atoms with Crippen LogP contribution in [-0.2, 0) is 38.0 Å². The lowest BCUT2D eigenvalue weighted by atomic mass is 9.98. The second kappa shape index (κ2) is 38.6. The van der Waals surface area contributed by atoms with Crippen molar-refractivity contribution in [2.45, 2.75) is 248 Å². The Labute approximate surface area is 395 Å². The van der Waals surface area contributed by atoms with E-state index < -0.39 is 92.7 Å². The highest BCUT2D eigenvalue weighted by Gasteiger charge is 2.47. The molecule has 15 heteroatoms. The van der Waals surface area contributed by atoms with Gasteiger partial charge in [0.15, 0.2) is 18.7 Å². The largest absolute Gasteiger partial charge is 0.462 e. The van der Waals surface area contributed by atoms with Crippen molar-refractivity contribution in [2.24, 2.45) is 0 Å². The molecule has 2 heterocycles. The quantitative estimate of drug-likeness (QED) is 0.0188. The molecule has 4 unspecified atom stereocenters. The Balaban J connectivity index is 1.82. The van der Waals surface area contributed by atoms with E-state index in [2.05, 4.69) is 50.3 Å². The molecule has 66 heavy (non-hydrogen) atoms. The van der Waals surface area contributed by atoms with Crippen LogP contribution in [0.25, 0.3) is 0 Å². The van der Waals surface area contributed by atoms with Gasteiger partial charge >= 0.3 is 11.9 Å². The molecule has 0 radical (unpaired) electrons. The van der Waals surface area contributed by atoms with Crippen molar-refractivity contribution in [3.8, 4) is 0 Å². The smallest absolute Gasteiger partial charge is 0.306 e. The van der Waals surface area contributed by atoms with E-state index in [4.69, 9.17) is 28.4 Å². The summed E-state index contributed by atoms with van der Waals surface area (Å²) in [7, 11) is 0. The normalized spacial score (nSPS) is 26.4. The zero-order valence-electron chi connectivity index (χ0n) is 40.4. The Morgan fingerprint density at radius 2 is 0.924 bits per heavy atom. The number of carbonyl (C=O) groups excluding carboxylic acids is 2. The van der Waals surface area contributed by atoms with Gasteiger partial charge in [0.25, 0.3) is 0 Å². The van der Waals surface area contributed by atoms with E-state index in [1.807, 2.05) is 0 Å². The average Bonchev–Trinajstić information content (AvgIpc) is 3.31. The van der Waals surface area contributed by atoms with Crippen molar-refractivity contribution in [3.63, 3.8) is 0 Å². The number of hydrogen-bond acceptors (Lipinski definition) is 15. The molecule has 0 saturated carbocycles. The third-order valence-corrected chi connectivity index (χ3v) is 12.1. The second-order valence-electron chi connectivity index (χ2n) is 18.0. The number of hydrogen-bond donors (Lipinski definition) is 7. The molecule has 11 atom stereocenters. The van der Waals surface area contributed by atoms with Gasteiger partial charge in [0, 0.05) is 12.8 Å².